The first-order valence-corrected chi connectivity index (χ1v) is 6.70. The topological polar surface area (TPSA) is 83.4 Å². The highest BCUT2D eigenvalue weighted by atomic mass is 19.4. The van der Waals surface area contributed by atoms with Crippen LogP contribution in [0.2, 0.25) is 0 Å². The third-order valence-corrected chi connectivity index (χ3v) is 3.67. The molecule has 2 rings (SSSR count). The largest absolute Gasteiger partial charge is 0.481 e. The van der Waals surface area contributed by atoms with Crippen LogP contribution >= 0.6 is 0 Å². The fourth-order valence-corrected chi connectivity index (χ4v) is 2.59. The van der Waals surface area contributed by atoms with Gasteiger partial charge in [0, 0.05) is 18.4 Å². The summed E-state index contributed by atoms with van der Waals surface area (Å²) in [5.74, 6) is -3.73. The maximum absolute atomic E-state index is 12.8. The van der Waals surface area contributed by atoms with Crippen LogP contribution in [0.25, 0.3) is 0 Å². The van der Waals surface area contributed by atoms with Gasteiger partial charge >= 0.3 is 18.1 Å². The van der Waals surface area contributed by atoms with Gasteiger partial charge in [-0.15, -0.1) is 0 Å². The number of anilines is 1. The van der Waals surface area contributed by atoms with Crippen molar-refractivity contribution >= 4 is 17.7 Å². The van der Waals surface area contributed by atoms with E-state index < -0.39 is 30.0 Å². The smallest absolute Gasteiger partial charge is 0.471 e. The molecule has 1 aromatic rings. The number of hydrogen-bond donors (Lipinski definition) is 1. The summed E-state index contributed by atoms with van der Waals surface area (Å²) in [5.41, 5.74) is 0. The van der Waals surface area contributed by atoms with Gasteiger partial charge in [-0.3, -0.25) is 19.5 Å². The van der Waals surface area contributed by atoms with E-state index in [4.69, 9.17) is 5.11 Å². The van der Waals surface area contributed by atoms with E-state index in [9.17, 15) is 22.8 Å². The van der Waals surface area contributed by atoms with E-state index in [2.05, 4.69) is 9.97 Å². The lowest BCUT2D eigenvalue weighted by Crippen LogP contribution is -2.49. The molecule has 1 heterocycles. The highest BCUT2D eigenvalue weighted by molar-refractivity contribution is 5.97. The van der Waals surface area contributed by atoms with Crippen molar-refractivity contribution in [2.24, 2.45) is 5.92 Å². The quantitative estimate of drug-likeness (QED) is 0.922. The number of carboxylic acid groups (broad SMARTS) is 1. The lowest BCUT2D eigenvalue weighted by Gasteiger charge is -2.35. The zero-order chi connectivity index (χ0) is 16.3. The van der Waals surface area contributed by atoms with Gasteiger partial charge in [-0.2, -0.15) is 13.2 Å². The molecule has 0 atom stereocenters. The van der Waals surface area contributed by atoms with Crippen molar-refractivity contribution in [1.82, 2.24) is 9.97 Å². The molecule has 0 unspecified atom stereocenters. The Balaban J connectivity index is 2.23. The SMILES string of the molecule is O=C(O)C1CCC(N(C(=O)C(F)(F)F)c2cnccn2)CC1. The summed E-state index contributed by atoms with van der Waals surface area (Å²) in [6.07, 6.45) is -0.640. The first kappa shape index (κ1) is 16.2. The van der Waals surface area contributed by atoms with Gasteiger partial charge in [0.05, 0.1) is 12.1 Å². The average molecular weight is 317 g/mol. The second kappa shape index (κ2) is 6.29. The van der Waals surface area contributed by atoms with Crippen LogP contribution in [0.4, 0.5) is 19.0 Å². The normalized spacial score (nSPS) is 22.1. The number of aliphatic carboxylic acids is 1. The number of rotatable bonds is 3. The van der Waals surface area contributed by atoms with Crippen LogP contribution in [0.5, 0.6) is 0 Å². The van der Waals surface area contributed by atoms with E-state index in [0.717, 1.165) is 6.20 Å². The molecule has 120 valence electrons. The Morgan fingerprint density at radius 1 is 1.18 bits per heavy atom. The Bertz CT molecular complexity index is 542. The van der Waals surface area contributed by atoms with Gasteiger partial charge in [-0.1, -0.05) is 0 Å². The summed E-state index contributed by atoms with van der Waals surface area (Å²) >= 11 is 0. The molecule has 1 aliphatic rings. The molecular formula is C13H14F3N3O3. The number of amides is 1. The minimum atomic E-state index is -5.03. The van der Waals surface area contributed by atoms with E-state index >= 15 is 0 Å². The summed E-state index contributed by atoms with van der Waals surface area (Å²) in [7, 11) is 0. The summed E-state index contributed by atoms with van der Waals surface area (Å²) in [6.45, 7) is 0. The van der Waals surface area contributed by atoms with E-state index in [1.54, 1.807) is 0 Å². The number of carboxylic acids is 1. The van der Waals surface area contributed by atoms with Crippen LogP contribution in [0.3, 0.4) is 0 Å². The van der Waals surface area contributed by atoms with Gasteiger partial charge < -0.3 is 5.11 Å². The Hall–Kier alpha value is -2.19. The molecule has 0 radical (unpaired) electrons. The predicted octanol–water partition coefficient (Wildman–Crippen LogP) is 2.02. The summed E-state index contributed by atoms with van der Waals surface area (Å²) < 4.78 is 38.4. The average Bonchev–Trinajstić information content (AvgIpc) is 2.48. The fraction of sp³-hybridized carbons (Fsp3) is 0.538. The van der Waals surface area contributed by atoms with Crippen molar-refractivity contribution < 1.29 is 27.9 Å². The van der Waals surface area contributed by atoms with Crippen LogP contribution < -0.4 is 4.90 Å². The highest BCUT2D eigenvalue weighted by Gasteiger charge is 2.46. The minimum Gasteiger partial charge on any atom is -0.481 e. The fourth-order valence-electron chi connectivity index (χ4n) is 2.59. The summed E-state index contributed by atoms with van der Waals surface area (Å²) in [5, 5.41) is 8.94. The van der Waals surface area contributed by atoms with Crippen molar-refractivity contribution in [2.45, 2.75) is 37.9 Å². The summed E-state index contributed by atoms with van der Waals surface area (Å²) in [4.78, 5) is 30.7. The van der Waals surface area contributed by atoms with Crippen LogP contribution in [-0.4, -0.2) is 39.2 Å². The third-order valence-electron chi connectivity index (χ3n) is 3.67. The number of carbonyl (C=O) groups excluding carboxylic acids is 1. The predicted molar refractivity (Wildman–Crippen MR) is 69.0 cm³/mol. The molecule has 1 aromatic heterocycles. The van der Waals surface area contributed by atoms with Gasteiger partial charge in [-0.05, 0) is 25.7 Å². The number of alkyl halides is 3. The Morgan fingerprint density at radius 3 is 2.27 bits per heavy atom. The van der Waals surface area contributed by atoms with Crippen LogP contribution in [-0.2, 0) is 9.59 Å². The lowest BCUT2D eigenvalue weighted by molar-refractivity contribution is -0.171. The molecule has 1 fully saturated rings. The molecule has 0 aliphatic heterocycles. The molecule has 9 heteroatoms. The second-order valence-electron chi connectivity index (χ2n) is 5.08. The molecule has 0 aromatic carbocycles. The van der Waals surface area contributed by atoms with Crippen LogP contribution in [0, 0.1) is 5.92 Å². The molecule has 0 spiro atoms. The molecule has 1 N–H and O–H groups in total. The molecule has 1 amide bonds. The van der Waals surface area contributed by atoms with E-state index in [1.807, 2.05) is 0 Å². The molecule has 0 bridgehead atoms. The van der Waals surface area contributed by atoms with E-state index in [0.29, 0.717) is 4.90 Å². The number of carbonyl (C=O) groups is 2. The van der Waals surface area contributed by atoms with Crippen LogP contribution in [0.15, 0.2) is 18.6 Å². The molecule has 1 aliphatic carbocycles. The molecular weight excluding hydrogens is 303 g/mol. The number of nitrogens with zero attached hydrogens (tertiary/aromatic N) is 3. The van der Waals surface area contributed by atoms with Crippen molar-refractivity contribution in [3.8, 4) is 0 Å². The lowest BCUT2D eigenvalue weighted by atomic mass is 9.85. The van der Waals surface area contributed by atoms with Gasteiger partial charge in [-0.25, -0.2) is 4.98 Å². The van der Waals surface area contributed by atoms with Crippen molar-refractivity contribution in [1.29, 1.82) is 0 Å². The van der Waals surface area contributed by atoms with Gasteiger partial charge in [0.1, 0.15) is 0 Å². The highest BCUT2D eigenvalue weighted by Crippen LogP contribution is 2.32. The zero-order valence-electron chi connectivity index (χ0n) is 11.5. The van der Waals surface area contributed by atoms with Crippen molar-refractivity contribution in [3.63, 3.8) is 0 Å². The maximum atomic E-state index is 12.8. The van der Waals surface area contributed by atoms with Crippen molar-refractivity contribution in [2.75, 3.05) is 4.90 Å². The van der Waals surface area contributed by atoms with Gasteiger partial charge in [0.2, 0.25) is 0 Å². The number of hydrogen-bond acceptors (Lipinski definition) is 4. The van der Waals surface area contributed by atoms with E-state index in [1.165, 1.54) is 12.4 Å². The Kier molecular flexibility index (Phi) is 4.62. The number of halogens is 3. The standard InChI is InChI=1S/C13H14F3N3O3/c14-13(15,16)12(22)19(10-7-17-5-6-18-10)9-3-1-8(2-4-9)11(20)21/h5-9H,1-4H2,(H,20,21). The Labute approximate surface area is 124 Å². The first-order valence-electron chi connectivity index (χ1n) is 6.70. The molecule has 6 nitrogen and oxygen atoms in total. The molecule has 0 saturated heterocycles. The summed E-state index contributed by atoms with van der Waals surface area (Å²) in [6, 6.07) is -0.735. The Morgan fingerprint density at radius 2 is 1.82 bits per heavy atom. The molecule has 22 heavy (non-hydrogen) atoms. The number of aromatic nitrogens is 2. The van der Waals surface area contributed by atoms with Gasteiger partial charge in [0.25, 0.3) is 0 Å². The minimum absolute atomic E-state index is 0.176. The first-order chi connectivity index (χ1) is 10.3. The zero-order valence-corrected chi connectivity index (χ0v) is 11.5. The van der Waals surface area contributed by atoms with Crippen molar-refractivity contribution in [3.05, 3.63) is 18.6 Å². The van der Waals surface area contributed by atoms with E-state index in [-0.39, 0.29) is 31.5 Å². The maximum Gasteiger partial charge on any atom is 0.471 e. The second-order valence-corrected chi connectivity index (χ2v) is 5.08. The third kappa shape index (κ3) is 3.52. The van der Waals surface area contributed by atoms with Crippen LogP contribution in [0.1, 0.15) is 25.7 Å². The monoisotopic (exact) mass is 317 g/mol. The van der Waals surface area contributed by atoms with Gasteiger partial charge in [0.15, 0.2) is 5.82 Å². The molecule has 1 saturated carbocycles.